The first-order valence-electron chi connectivity index (χ1n) is 9.27. The van der Waals surface area contributed by atoms with Crippen molar-refractivity contribution in [3.05, 3.63) is 24.2 Å². The highest BCUT2D eigenvalue weighted by molar-refractivity contribution is 5.14. The normalized spacial score (nSPS) is 53.5. The van der Waals surface area contributed by atoms with Gasteiger partial charge in [0.1, 0.15) is 11.9 Å². The van der Waals surface area contributed by atoms with Crippen molar-refractivity contribution in [2.24, 2.45) is 23.7 Å². The van der Waals surface area contributed by atoms with Crippen LogP contribution in [0.3, 0.4) is 0 Å². The van der Waals surface area contributed by atoms with Crippen LogP contribution in [-0.2, 0) is 19.2 Å². The number of rotatable bonds is 1. The Bertz CT molecular complexity index is 615. The van der Waals surface area contributed by atoms with Gasteiger partial charge in [-0.15, -0.1) is 0 Å². The summed E-state index contributed by atoms with van der Waals surface area (Å²) in [6.45, 7) is 6.54. The van der Waals surface area contributed by atoms with Crippen molar-refractivity contribution in [1.82, 2.24) is 0 Å². The predicted octanol–water partition coefficient (Wildman–Crippen LogP) is 4.20. The largest absolute Gasteiger partial charge is 0.467 e. The molecule has 2 unspecified atom stereocenters. The van der Waals surface area contributed by atoms with Gasteiger partial charge in [0.25, 0.3) is 0 Å². The lowest BCUT2D eigenvalue weighted by Crippen LogP contribution is -2.69. The van der Waals surface area contributed by atoms with E-state index in [-0.39, 0.29) is 12.0 Å². The van der Waals surface area contributed by atoms with Crippen molar-refractivity contribution in [2.45, 2.75) is 70.2 Å². The van der Waals surface area contributed by atoms with Crippen molar-refractivity contribution in [3.8, 4) is 0 Å². The molecule has 0 aromatic carbocycles. The molecule has 4 saturated heterocycles. The Morgan fingerprint density at radius 2 is 1.96 bits per heavy atom. The maximum atomic E-state index is 6.48. The lowest BCUT2D eigenvalue weighted by Gasteiger charge is -2.60. The Balaban J connectivity index is 1.60. The molecule has 1 saturated carbocycles. The van der Waals surface area contributed by atoms with E-state index in [0.29, 0.717) is 17.8 Å². The van der Waals surface area contributed by atoms with Crippen molar-refractivity contribution in [2.75, 3.05) is 0 Å². The lowest BCUT2D eigenvalue weighted by atomic mass is 9.57. The summed E-state index contributed by atoms with van der Waals surface area (Å²) in [5.41, 5.74) is -0.490. The number of hydrogen-bond donors (Lipinski definition) is 0. The highest BCUT2D eigenvalue weighted by Crippen LogP contribution is 2.62. The molecule has 0 N–H and O–H groups in total. The molecule has 0 amide bonds. The zero-order chi connectivity index (χ0) is 16.5. The molecule has 5 heterocycles. The van der Waals surface area contributed by atoms with Crippen LogP contribution in [0, 0.1) is 23.7 Å². The molecule has 2 bridgehead atoms. The molecule has 1 aliphatic carbocycles. The van der Waals surface area contributed by atoms with Crippen LogP contribution in [0.2, 0.25) is 0 Å². The molecule has 24 heavy (non-hydrogen) atoms. The van der Waals surface area contributed by atoms with E-state index in [1.165, 1.54) is 6.42 Å². The van der Waals surface area contributed by atoms with E-state index in [1.54, 1.807) is 6.26 Å². The van der Waals surface area contributed by atoms with Crippen LogP contribution < -0.4 is 0 Å². The topological polar surface area (TPSA) is 50.1 Å². The third kappa shape index (κ3) is 1.90. The second kappa shape index (κ2) is 5.07. The van der Waals surface area contributed by atoms with Crippen LogP contribution in [0.4, 0.5) is 0 Å². The molecular weight excluding hydrogens is 308 g/mol. The second-order valence-corrected chi connectivity index (χ2v) is 8.34. The molecule has 1 aromatic rings. The van der Waals surface area contributed by atoms with Gasteiger partial charge in [0.2, 0.25) is 5.79 Å². The first-order chi connectivity index (χ1) is 11.5. The molecule has 132 valence electrons. The summed E-state index contributed by atoms with van der Waals surface area (Å²) in [6, 6.07) is 3.92. The van der Waals surface area contributed by atoms with Crippen molar-refractivity contribution in [1.29, 1.82) is 0 Å². The van der Waals surface area contributed by atoms with Gasteiger partial charge in [0, 0.05) is 12.3 Å². The summed E-state index contributed by atoms with van der Waals surface area (Å²) >= 11 is 0. The molecule has 8 atom stereocenters. The average Bonchev–Trinajstić information content (AvgIpc) is 2.99. The first-order valence-corrected chi connectivity index (χ1v) is 9.27. The lowest BCUT2D eigenvalue weighted by molar-refractivity contribution is -0.572. The summed E-state index contributed by atoms with van der Waals surface area (Å²) in [5, 5.41) is 0. The van der Waals surface area contributed by atoms with Gasteiger partial charge in [-0.05, 0) is 56.1 Å². The quantitative estimate of drug-likeness (QED) is 0.720. The molecular formula is C19H26O5. The van der Waals surface area contributed by atoms with Crippen LogP contribution in [0.1, 0.15) is 58.3 Å². The Kier molecular flexibility index (Phi) is 3.25. The maximum absolute atomic E-state index is 6.48. The van der Waals surface area contributed by atoms with E-state index in [9.17, 15) is 0 Å². The van der Waals surface area contributed by atoms with E-state index < -0.39 is 17.7 Å². The highest BCUT2D eigenvalue weighted by Gasteiger charge is 2.69. The molecule has 0 radical (unpaired) electrons. The number of fused-ring (bicyclic) bond motifs is 2. The SMILES string of the molecule is C[C@@H]1CCC2[C@@H](C)[C@H](c3ccco3)O[C@@H]3O[C@]4(C)CCC1[C@@]23OO4. The third-order valence-electron chi connectivity index (χ3n) is 6.98. The fourth-order valence-electron chi connectivity index (χ4n) is 5.68. The average molecular weight is 334 g/mol. The van der Waals surface area contributed by atoms with E-state index in [4.69, 9.17) is 23.7 Å². The summed E-state index contributed by atoms with van der Waals surface area (Å²) in [7, 11) is 0. The van der Waals surface area contributed by atoms with Crippen LogP contribution in [0.25, 0.3) is 0 Å². The van der Waals surface area contributed by atoms with Gasteiger partial charge in [-0.1, -0.05) is 13.8 Å². The number of furan rings is 1. The Morgan fingerprint density at radius 3 is 2.75 bits per heavy atom. The van der Waals surface area contributed by atoms with Crippen LogP contribution >= 0.6 is 0 Å². The predicted molar refractivity (Wildman–Crippen MR) is 84.5 cm³/mol. The van der Waals surface area contributed by atoms with Crippen molar-refractivity contribution >= 4 is 0 Å². The molecule has 5 aliphatic rings. The molecule has 5 nitrogen and oxygen atoms in total. The summed E-state index contributed by atoms with van der Waals surface area (Å²) in [5.74, 6) is 1.79. The molecule has 5 fully saturated rings. The standard InChI is InChI=1S/C19H26O5/c1-11-6-7-14-12(2)16(15-5-4-10-20-15)21-17-19(14)13(11)8-9-18(3,22-17)23-24-19/h4-5,10-14,16-17H,6-9H2,1-3H3/t11-,12-,13?,14?,16-,17-,18+,19-/m1/s1. The minimum absolute atomic E-state index is 0.0961. The second-order valence-electron chi connectivity index (χ2n) is 8.34. The molecule has 1 aromatic heterocycles. The Morgan fingerprint density at radius 1 is 1.08 bits per heavy atom. The van der Waals surface area contributed by atoms with E-state index in [1.807, 2.05) is 19.1 Å². The fourth-order valence-corrected chi connectivity index (χ4v) is 5.68. The van der Waals surface area contributed by atoms with Crippen LogP contribution in [0.5, 0.6) is 0 Å². The monoisotopic (exact) mass is 334 g/mol. The van der Waals surface area contributed by atoms with Crippen molar-refractivity contribution < 1.29 is 23.7 Å². The zero-order valence-electron chi connectivity index (χ0n) is 14.6. The van der Waals surface area contributed by atoms with Gasteiger partial charge in [0.05, 0.1) is 6.26 Å². The van der Waals surface area contributed by atoms with E-state index in [2.05, 4.69) is 13.8 Å². The highest BCUT2D eigenvalue weighted by atomic mass is 17.3. The summed E-state index contributed by atoms with van der Waals surface area (Å²) in [4.78, 5) is 12.0. The molecule has 1 spiro atoms. The van der Waals surface area contributed by atoms with Gasteiger partial charge in [-0.3, -0.25) is 0 Å². The van der Waals surface area contributed by atoms with E-state index in [0.717, 1.165) is 25.0 Å². The van der Waals surface area contributed by atoms with Crippen LogP contribution in [0.15, 0.2) is 22.8 Å². The number of hydrogen-bond acceptors (Lipinski definition) is 5. The third-order valence-corrected chi connectivity index (χ3v) is 6.98. The van der Waals surface area contributed by atoms with Gasteiger partial charge in [-0.25, -0.2) is 9.78 Å². The molecule has 5 heteroatoms. The maximum Gasteiger partial charge on any atom is 0.201 e. The zero-order valence-corrected chi connectivity index (χ0v) is 14.6. The Hall–Kier alpha value is -0.880. The summed E-state index contributed by atoms with van der Waals surface area (Å²) in [6.07, 6.45) is 5.45. The Labute approximate surface area is 142 Å². The smallest absolute Gasteiger partial charge is 0.201 e. The van der Waals surface area contributed by atoms with E-state index >= 15 is 0 Å². The minimum atomic E-state index is -0.716. The molecule has 4 aliphatic heterocycles. The van der Waals surface area contributed by atoms with Gasteiger partial charge >= 0.3 is 0 Å². The number of ether oxygens (including phenoxy) is 2. The minimum Gasteiger partial charge on any atom is -0.467 e. The first kappa shape index (κ1) is 15.4. The van der Waals surface area contributed by atoms with Gasteiger partial charge < -0.3 is 13.9 Å². The fraction of sp³-hybridized carbons (Fsp3) is 0.789. The molecule has 6 rings (SSSR count). The van der Waals surface area contributed by atoms with Crippen molar-refractivity contribution in [3.63, 3.8) is 0 Å². The van der Waals surface area contributed by atoms with Gasteiger partial charge in [-0.2, -0.15) is 0 Å². The van der Waals surface area contributed by atoms with Crippen LogP contribution in [-0.4, -0.2) is 17.7 Å². The van der Waals surface area contributed by atoms with Gasteiger partial charge in [0.15, 0.2) is 11.9 Å². The summed E-state index contributed by atoms with van der Waals surface area (Å²) < 4.78 is 18.5.